The van der Waals surface area contributed by atoms with E-state index in [9.17, 15) is 14.7 Å². The minimum atomic E-state index is -1.16. The maximum Gasteiger partial charge on any atom is 0.330 e. The van der Waals surface area contributed by atoms with Crippen LogP contribution in [0.5, 0.6) is 0 Å². The van der Waals surface area contributed by atoms with Crippen LogP contribution in [-0.4, -0.2) is 17.0 Å². The molecule has 0 bridgehead atoms. The second-order valence-electron chi connectivity index (χ2n) is 4.26. The number of carboxylic acids is 1. The Morgan fingerprint density at radius 1 is 1.00 bits per heavy atom. The summed E-state index contributed by atoms with van der Waals surface area (Å²) in [5.41, 5.74) is 0.600. The van der Waals surface area contributed by atoms with Gasteiger partial charge in [0.15, 0.2) is 6.04 Å². The summed E-state index contributed by atoms with van der Waals surface area (Å²) in [5, 5.41) is 12.0. The van der Waals surface area contributed by atoms with Crippen LogP contribution in [0.15, 0.2) is 48.5 Å². The molecule has 0 saturated carbocycles. The number of rotatable bonds is 4. The zero-order chi connectivity index (χ0) is 15.4. The summed E-state index contributed by atoms with van der Waals surface area (Å²) in [6.45, 7) is 0. The molecule has 1 atom stereocenters. The number of halogens is 2. The normalized spacial score (nSPS) is 11.7. The van der Waals surface area contributed by atoms with Crippen LogP contribution in [0.25, 0.3) is 0 Å². The van der Waals surface area contributed by atoms with Gasteiger partial charge in [-0.2, -0.15) is 0 Å². The highest BCUT2D eigenvalue weighted by molar-refractivity contribution is 6.43. The zero-order valence-corrected chi connectivity index (χ0v) is 12.2. The van der Waals surface area contributed by atoms with Gasteiger partial charge in [0, 0.05) is 0 Å². The Hall–Kier alpha value is -2.04. The Bertz CT molecular complexity index is 674. The SMILES string of the molecule is O=C(N[C@H](C(=O)O)c1ccccc1)c1cccc(Cl)c1Cl. The van der Waals surface area contributed by atoms with Gasteiger partial charge in [0.05, 0.1) is 15.6 Å². The molecular weight excluding hydrogens is 313 g/mol. The summed E-state index contributed by atoms with van der Waals surface area (Å²) in [7, 11) is 0. The van der Waals surface area contributed by atoms with Gasteiger partial charge in [-0.3, -0.25) is 4.79 Å². The molecule has 2 rings (SSSR count). The van der Waals surface area contributed by atoms with Crippen molar-refractivity contribution in [3.8, 4) is 0 Å². The minimum absolute atomic E-state index is 0.0915. The van der Waals surface area contributed by atoms with E-state index in [2.05, 4.69) is 5.32 Å². The molecular formula is C15H11Cl2NO3. The highest BCUT2D eigenvalue weighted by Gasteiger charge is 2.23. The minimum Gasteiger partial charge on any atom is -0.479 e. The van der Waals surface area contributed by atoms with E-state index in [1.165, 1.54) is 6.07 Å². The van der Waals surface area contributed by atoms with Gasteiger partial charge >= 0.3 is 5.97 Å². The Morgan fingerprint density at radius 2 is 1.67 bits per heavy atom. The second-order valence-corrected chi connectivity index (χ2v) is 5.04. The lowest BCUT2D eigenvalue weighted by Crippen LogP contribution is -2.33. The molecule has 0 heterocycles. The van der Waals surface area contributed by atoms with Crippen molar-refractivity contribution in [3.63, 3.8) is 0 Å². The number of nitrogens with one attached hydrogen (secondary N) is 1. The Morgan fingerprint density at radius 3 is 2.29 bits per heavy atom. The fourth-order valence-corrected chi connectivity index (χ4v) is 2.21. The molecule has 2 aromatic rings. The maximum atomic E-state index is 12.2. The van der Waals surface area contributed by atoms with Crippen LogP contribution in [-0.2, 0) is 4.79 Å². The maximum absolute atomic E-state index is 12.2. The van der Waals surface area contributed by atoms with Crippen molar-refractivity contribution in [2.24, 2.45) is 0 Å². The molecule has 0 saturated heterocycles. The first-order valence-electron chi connectivity index (χ1n) is 6.03. The highest BCUT2D eigenvalue weighted by Crippen LogP contribution is 2.26. The zero-order valence-electron chi connectivity index (χ0n) is 10.7. The number of carbonyl (C=O) groups excluding carboxylic acids is 1. The molecule has 0 aliphatic heterocycles. The van der Waals surface area contributed by atoms with Crippen molar-refractivity contribution in [2.75, 3.05) is 0 Å². The summed E-state index contributed by atoms with van der Waals surface area (Å²) in [6, 6.07) is 11.8. The quantitative estimate of drug-likeness (QED) is 0.904. The molecule has 0 radical (unpaired) electrons. The van der Waals surface area contributed by atoms with Crippen molar-refractivity contribution in [2.45, 2.75) is 6.04 Å². The van der Waals surface area contributed by atoms with E-state index in [-0.39, 0.29) is 15.6 Å². The predicted octanol–water partition coefficient (Wildman–Crippen LogP) is 3.55. The standard InChI is InChI=1S/C15H11Cl2NO3/c16-11-8-4-7-10(12(11)17)14(19)18-13(15(20)21)9-5-2-1-3-6-9/h1-8,13H,(H,18,19)(H,20,21)/t13-/m0/s1. The smallest absolute Gasteiger partial charge is 0.330 e. The van der Waals surface area contributed by atoms with Crippen molar-refractivity contribution < 1.29 is 14.7 Å². The molecule has 2 N–H and O–H groups in total. The van der Waals surface area contributed by atoms with Crippen LogP contribution in [0.1, 0.15) is 22.0 Å². The average molecular weight is 324 g/mol. The number of benzene rings is 2. The molecule has 108 valence electrons. The molecule has 0 aliphatic rings. The van der Waals surface area contributed by atoms with Crippen molar-refractivity contribution >= 4 is 35.1 Å². The van der Waals surface area contributed by atoms with Crippen molar-refractivity contribution in [1.82, 2.24) is 5.32 Å². The lowest BCUT2D eigenvalue weighted by molar-refractivity contribution is -0.139. The number of hydrogen-bond donors (Lipinski definition) is 2. The summed E-state index contributed by atoms with van der Waals surface area (Å²) in [5.74, 6) is -1.76. The Kier molecular flexibility index (Phi) is 4.83. The van der Waals surface area contributed by atoms with Gasteiger partial charge in [0.1, 0.15) is 0 Å². The molecule has 4 nitrogen and oxygen atoms in total. The van der Waals surface area contributed by atoms with E-state index in [0.717, 1.165) is 0 Å². The molecule has 0 aromatic heterocycles. The number of carboxylic acid groups (broad SMARTS) is 1. The number of amides is 1. The lowest BCUT2D eigenvalue weighted by atomic mass is 10.1. The van der Waals surface area contributed by atoms with E-state index in [1.54, 1.807) is 42.5 Å². The fraction of sp³-hybridized carbons (Fsp3) is 0.0667. The predicted molar refractivity (Wildman–Crippen MR) is 80.7 cm³/mol. The first-order chi connectivity index (χ1) is 10.0. The molecule has 21 heavy (non-hydrogen) atoms. The molecule has 0 unspecified atom stereocenters. The third-order valence-corrected chi connectivity index (χ3v) is 3.67. The molecule has 1 amide bonds. The third-order valence-electron chi connectivity index (χ3n) is 2.85. The van der Waals surface area contributed by atoms with Gasteiger partial charge in [0.2, 0.25) is 0 Å². The molecule has 0 spiro atoms. The van der Waals surface area contributed by atoms with Crippen LogP contribution in [0.3, 0.4) is 0 Å². The van der Waals surface area contributed by atoms with Crippen LogP contribution >= 0.6 is 23.2 Å². The van der Waals surface area contributed by atoms with Gasteiger partial charge in [-0.15, -0.1) is 0 Å². The molecule has 0 aliphatic carbocycles. The van der Waals surface area contributed by atoms with Crippen LogP contribution in [0, 0.1) is 0 Å². The van der Waals surface area contributed by atoms with Gasteiger partial charge in [-0.05, 0) is 17.7 Å². The van der Waals surface area contributed by atoms with E-state index in [1.807, 2.05) is 0 Å². The monoisotopic (exact) mass is 323 g/mol. The number of carbonyl (C=O) groups is 2. The lowest BCUT2D eigenvalue weighted by Gasteiger charge is -2.15. The average Bonchev–Trinajstić information content (AvgIpc) is 2.48. The van der Waals surface area contributed by atoms with Crippen LogP contribution in [0.4, 0.5) is 0 Å². The van der Waals surface area contributed by atoms with Gasteiger partial charge in [-0.1, -0.05) is 59.6 Å². The third kappa shape index (κ3) is 3.54. The van der Waals surface area contributed by atoms with Gasteiger partial charge in [-0.25, -0.2) is 4.79 Å². The molecule has 2 aromatic carbocycles. The summed E-state index contributed by atoms with van der Waals surface area (Å²) in [6.07, 6.45) is 0. The largest absolute Gasteiger partial charge is 0.479 e. The first kappa shape index (κ1) is 15.4. The molecule has 6 heteroatoms. The fourth-order valence-electron chi connectivity index (χ4n) is 1.82. The van der Waals surface area contributed by atoms with E-state index >= 15 is 0 Å². The van der Waals surface area contributed by atoms with E-state index < -0.39 is 17.9 Å². The van der Waals surface area contributed by atoms with Gasteiger partial charge < -0.3 is 10.4 Å². The van der Waals surface area contributed by atoms with E-state index in [0.29, 0.717) is 5.56 Å². The van der Waals surface area contributed by atoms with Gasteiger partial charge in [0.25, 0.3) is 5.91 Å². The summed E-state index contributed by atoms with van der Waals surface area (Å²) < 4.78 is 0. The molecule has 0 fully saturated rings. The first-order valence-corrected chi connectivity index (χ1v) is 6.79. The van der Waals surface area contributed by atoms with Crippen molar-refractivity contribution in [1.29, 1.82) is 0 Å². The van der Waals surface area contributed by atoms with Crippen LogP contribution < -0.4 is 5.32 Å². The Labute approximate surface area is 131 Å². The van der Waals surface area contributed by atoms with Crippen LogP contribution in [0.2, 0.25) is 10.0 Å². The highest BCUT2D eigenvalue weighted by atomic mass is 35.5. The van der Waals surface area contributed by atoms with E-state index in [4.69, 9.17) is 23.2 Å². The topological polar surface area (TPSA) is 66.4 Å². The Balaban J connectivity index is 2.28. The van der Waals surface area contributed by atoms with Crippen molar-refractivity contribution in [3.05, 3.63) is 69.7 Å². The number of hydrogen-bond acceptors (Lipinski definition) is 2. The number of aliphatic carboxylic acids is 1. The summed E-state index contributed by atoms with van der Waals surface area (Å²) in [4.78, 5) is 23.5. The summed E-state index contributed by atoms with van der Waals surface area (Å²) >= 11 is 11.8. The second kappa shape index (κ2) is 6.61.